The van der Waals surface area contributed by atoms with Gasteiger partial charge in [-0.3, -0.25) is 14.9 Å². The van der Waals surface area contributed by atoms with Crippen LogP contribution in [0.3, 0.4) is 0 Å². The Hall–Kier alpha value is -3.71. The van der Waals surface area contributed by atoms with Crippen molar-refractivity contribution in [1.29, 1.82) is 0 Å². The SMILES string of the molecule is O=C1NC(=O)N(c2ccc(F)cc2)C(=O)/C1=C/c1ccc(-c2cccc(Cl)c2)o1. The Labute approximate surface area is 169 Å². The fourth-order valence-corrected chi connectivity index (χ4v) is 3.04. The van der Waals surface area contributed by atoms with Gasteiger partial charge in [0, 0.05) is 10.6 Å². The van der Waals surface area contributed by atoms with Crippen molar-refractivity contribution in [2.45, 2.75) is 0 Å². The molecule has 0 radical (unpaired) electrons. The van der Waals surface area contributed by atoms with Gasteiger partial charge in [0.2, 0.25) is 0 Å². The number of carbonyl (C=O) groups is 3. The molecule has 0 bridgehead atoms. The van der Waals surface area contributed by atoms with Gasteiger partial charge in [0.25, 0.3) is 11.8 Å². The maximum Gasteiger partial charge on any atom is 0.335 e. The van der Waals surface area contributed by atoms with Crippen LogP contribution in [0.15, 0.2) is 70.7 Å². The molecule has 4 rings (SSSR count). The van der Waals surface area contributed by atoms with Crippen molar-refractivity contribution >= 4 is 41.2 Å². The maximum absolute atomic E-state index is 13.2. The van der Waals surface area contributed by atoms with E-state index in [1.54, 1.807) is 36.4 Å². The number of rotatable bonds is 3. The van der Waals surface area contributed by atoms with E-state index < -0.39 is 23.7 Å². The lowest BCUT2D eigenvalue weighted by Gasteiger charge is -2.26. The van der Waals surface area contributed by atoms with Crippen LogP contribution in [0.1, 0.15) is 5.76 Å². The van der Waals surface area contributed by atoms with E-state index in [9.17, 15) is 18.8 Å². The summed E-state index contributed by atoms with van der Waals surface area (Å²) < 4.78 is 18.8. The molecule has 3 aromatic rings. The minimum atomic E-state index is -0.914. The number of nitrogens with one attached hydrogen (secondary N) is 1. The second-order valence-electron chi connectivity index (χ2n) is 6.15. The van der Waals surface area contributed by atoms with E-state index in [-0.39, 0.29) is 17.0 Å². The predicted molar refractivity (Wildman–Crippen MR) is 105 cm³/mol. The van der Waals surface area contributed by atoms with Crippen molar-refractivity contribution < 1.29 is 23.2 Å². The van der Waals surface area contributed by atoms with Crippen molar-refractivity contribution in [2.24, 2.45) is 0 Å². The zero-order valence-corrected chi connectivity index (χ0v) is 15.4. The molecule has 1 saturated heterocycles. The Morgan fingerprint density at radius 1 is 1.00 bits per heavy atom. The fourth-order valence-electron chi connectivity index (χ4n) is 2.85. The van der Waals surface area contributed by atoms with Gasteiger partial charge in [-0.1, -0.05) is 23.7 Å². The number of anilines is 1. The Kier molecular flexibility index (Phi) is 4.74. The predicted octanol–water partition coefficient (Wildman–Crippen LogP) is 4.41. The van der Waals surface area contributed by atoms with E-state index in [4.69, 9.17) is 16.0 Å². The van der Waals surface area contributed by atoms with Crippen molar-refractivity contribution in [3.05, 3.63) is 82.8 Å². The first-order valence-electron chi connectivity index (χ1n) is 8.45. The largest absolute Gasteiger partial charge is 0.457 e. The molecule has 1 aliphatic heterocycles. The standard InChI is InChI=1S/C21H12ClFN2O4/c22-13-3-1-2-12(10-13)18-9-8-16(29-18)11-17-19(26)24-21(28)25(20(17)27)15-6-4-14(23)5-7-15/h1-11H,(H,24,26,28)/b17-11+. The summed E-state index contributed by atoms with van der Waals surface area (Å²) in [6.45, 7) is 0. The van der Waals surface area contributed by atoms with E-state index in [0.717, 1.165) is 22.6 Å². The molecular formula is C21H12ClFN2O4. The lowest BCUT2D eigenvalue weighted by Crippen LogP contribution is -2.54. The molecule has 0 saturated carbocycles. The molecule has 8 heteroatoms. The van der Waals surface area contributed by atoms with Crippen molar-refractivity contribution in [3.63, 3.8) is 0 Å². The van der Waals surface area contributed by atoms with Gasteiger partial charge in [-0.05, 0) is 54.6 Å². The molecule has 0 unspecified atom stereocenters. The molecule has 29 heavy (non-hydrogen) atoms. The Morgan fingerprint density at radius 3 is 2.48 bits per heavy atom. The number of barbiturate groups is 1. The molecule has 1 N–H and O–H groups in total. The molecule has 4 amide bonds. The molecule has 2 heterocycles. The molecule has 1 fully saturated rings. The minimum Gasteiger partial charge on any atom is -0.457 e. The van der Waals surface area contributed by atoms with Gasteiger partial charge in [0.15, 0.2) is 0 Å². The average molecular weight is 411 g/mol. The summed E-state index contributed by atoms with van der Waals surface area (Å²) >= 11 is 5.98. The number of furan rings is 1. The van der Waals surface area contributed by atoms with E-state index >= 15 is 0 Å². The summed E-state index contributed by atoms with van der Waals surface area (Å²) in [6, 6.07) is 14.1. The number of imide groups is 2. The van der Waals surface area contributed by atoms with Crippen LogP contribution in [0.2, 0.25) is 5.02 Å². The molecule has 144 valence electrons. The normalized spacial score (nSPS) is 15.7. The number of amides is 4. The first-order valence-corrected chi connectivity index (χ1v) is 8.83. The fraction of sp³-hybridized carbons (Fsp3) is 0. The second kappa shape index (κ2) is 7.37. The monoisotopic (exact) mass is 410 g/mol. The van der Waals surface area contributed by atoms with E-state index in [1.807, 2.05) is 0 Å². The molecule has 2 aromatic carbocycles. The smallest absolute Gasteiger partial charge is 0.335 e. The number of nitrogens with zero attached hydrogens (tertiary/aromatic N) is 1. The van der Waals surface area contributed by atoms with Crippen molar-refractivity contribution in [1.82, 2.24) is 5.32 Å². The van der Waals surface area contributed by atoms with Gasteiger partial charge in [-0.25, -0.2) is 14.1 Å². The van der Waals surface area contributed by atoms with Crippen LogP contribution in [0.25, 0.3) is 17.4 Å². The summed E-state index contributed by atoms with van der Waals surface area (Å²) in [5.41, 5.74) is 0.567. The number of urea groups is 1. The highest BCUT2D eigenvalue weighted by molar-refractivity contribution is 6.39. The number of hydrogen-bond acceptors (Lipinski definition) is 4. The second-order valence-corrected chi connectivity index (χ2v) is 6.58. The van der Waals surface area contributed by atoms with E-state index in [2.05, 4.69) is 5.32 Å². The molecule has 1 aliphatic rings. The van der Waals surface area contributed by atoms with Gasteiger partial charge in [0.1, 0.15) is 22.9 Å². The molecule has 1 aromatic heterocycles. The third-order valence-corrected chi connectivity index (χ3v) is 4.44. The number of benzene rings is 2. The van der Waals surface area contributed by atoms with E-state index in [1.165, 1.54) is 18.2 Å². The lowest BCUT2D eigenvalue weighted by atomic mass is 10.1. The highest BCUT2D eigenvalue weighted by atomic mass is 35.5. The quantitative estimate of drug-likeness (QED) is 0.512. The third kappa shape index (κ3) is 3.68. The highest BCUT2D eigenvalue weighted by Crippen LogP contribution is 2.27. The van der Waals surface area contributed by atoms with Crippen LogP contribution in [0.5, 0.6) is 0 Å². The molecular weight excluding hydrogens is 399 g/mol. The zero-order valence-electron chi connectivity index (χ0n) is 14.7. The zero-order chi connectivity index (χ0) is 20.5. The molecule has 6 nitrogen and oxygen atoms in total. The van der Waals surface area contributed by atoms with Crippen LogP contribution in [-0.2, 0) is 9.59 Å². The molecule has 0 atom stereocenters. The summed E-state index contributed by atoms with van der Waals surface area (Å²) in [6.07, 6.45) is 1.24. The van der Waals surface area contributed by atoms with Crippen LogP contribution >= 0.6 is 11.6 Å². The van der Waals surface area contributed by atoms with Crippen LogP contribution in [0.4, 0.5) is 14.9 Å². The average Bonchev–Trinajstić information content (AvgIpc) is 3.15. The van der Waals surface area contributed by atoms with Gasteiger partial charge in [0.05, 0.1) is 5.69 Å². The van der Waals surface area contributed by atoms with Crippen molar-refractivity contribution in [2.75, 3.05) is 4.90 Å². The minimum absolute atomic E-state index is 0.131. The van der Waals surface area contributed by atoms with Gasteiger partial charge < -0.3 is 4.42 Å². The number of halogens is 2. The number of hydrogen-bond donors (Lipinski definition) is 1. The first-order chi connectivity index (χ1) is 13.9. The van der Waals surface area contributed by atoms with Gasteiger partial charge >= 0.3 is 6.03 Å². The summed E-state index contributed by atoms with van der Waals surface area (Å²) in [7, 11) is 0. The van der Waals surface area contributed by atoms with Crippen LogP contribution in [0, 0.1) is 5.82 Å². The van der Waals surface area contributed by atoms with Crippen molar-refractivity contribution in [3.8, 4) is 11.3 Å². The van der Waals surface area contributed by atoms with Gasteiger partial charge in [-0.2, -0.15) is 0 Å². The Balaban J connectivity index is 1.67. The molecule has 0 aliphatic carbocycles. The van der Waals surface area contributed by atoms with E-state index in [0.29, 0.717) is 10.8 Å². The molecule has 0 spiro atoms. The first kappa shape index (κ1) is 18.6. The Morgan fingerprint density at radius 2 is 1.76 bits per heavy atom. The summed E-state index contributed by atoms with van der Waals surface area (Å²) in [5.74, 6) is -1.47. The van der Waals surface area contributed by atoms with Crippen LogP contribution in [-0.4, -0.2) is 17.8 Å². The lowest BCUT2D eigenvalue weighted by molar-refractivity contribution is -0.122. The third-order valence-electron chi connectivity index (χ3n) is 4.21. The topological polar surface area (TPSA) is 79.6 Å². The Bertz CT molecular complexity index is 1170. The van der Waals surface area contributed by atoms with Crippen LogP contribution < -0.4 is 10.2 Å². The summed E-state index contributed by atoms with van der Waals surface area (Å²) in [5, 5.41) is 2.63. The maximum atomic E-state index is 13.2. The highest BCUT2D eigenvalue weighted by Gasteiger charge is 2.37. The van der Waals surface area contributed by atoms with Gasteiger partial charge in [-0.15, -0.1) is 0 Å². The number of carbonyl (C=O) groups excluding carboxylic acids is 3. The summed E-state index contributed by atoms with van der Waals surface area (Å²) in [4.78, 5) is 37.9.